The summed E-state index contributed by atoms with van der Waals surface area (Å²) in [5.74, 6) is -1.58. The first-order valence-corrected chi connectivity index (χ1v) is 3.87. The van der Waals surface area contributed by atoms with Crippen LogP contribution in [0.1, 0.15) is 0 Å². The van der Waals surface area contributed by atoms with Crippen LogP contribution in [-0.4, -0.2) is 55.1 Å². The summed E-state index contributed by atoms with van der Waals surface area (Å²) in [6.07, 6.45) is 0. The van der Waals surface area contributed by atoms with Gasteiger partial charge in [-0.05, 0) is 7.05 Å². The lowest BCUT2D eigenvalue weighted by Gasteiger charge is -2.12. The van der Waals surface area contributed by atoms with Gasteiger partial charge in [-0.15, -0.1) is 0 Å². The number of hydrogen-bond acceptors (Lipinski definition) is 4. The van der Waals surface area contributed by atoms with Gasteiger partial charge in [0.15, 0.2) is 0 Å². The number of urea groups is 1. The van der Waals surface area contributed by atoms with Crippen molar-refractivity contribution in [3.05, 3.63) is 0 Å². The molecule has 0 atom stereocenters. The van der Waals surface area contributed by atoms with E-state index in [1.807, 2.05) is 5.32 Å². The number of carboxylic acids is 1. The maximum atomic E-state index is 11.0. The molecule has 14 heavy (non-hydrogen) atoms. The number of amides is 3. The maximum absolute atomic E-state index is 11.0. The zero-order valence-corrected chi connectivity index (χ0v) is 8.03. The molecule has 0 rings (SSSR count). The fourth-order valence-corrected chi connectivity index (χ4v) is 0.761. The first-order valence-electron chi connectivity index (χ1n) is 3.87. The van der Waals surface area contributed by atoms with Crippen molar-refractivity contribution in [3.63, 3.8) is 0 Å². The van der Waals surface area contributed by atoms with Crippen molar-refractivity contribution < 1.29 is 19.5 Å². The van der Waals surface area contributed by atoms with Crippen LogP contribution < -0.4 is 10.6 Å². The lowest BCUT2D eigenvalue weighted by molar-refractivity contribution is -0.138. The molecule has 0 aromatic carbocycles. The standard InChI is InChI=1S/C7H13N3O4/c1-8-7(14)9-5(11)3-10(2)4-6(12)13/h3-4H2,1-2H3,(H,12,13)(H2,8,9,11,14). The molecule has 0 saturated carbocycles. The van der Waals surface area contributed by atoms with Gasteiger partial charge in [-0.25, -0.2) is 4.79 Å². The van der Waals surface area contributed by atoms with Crippen LogP contribution >= 0.6 is 0 Å². The largest absolute Gasteiger partial charge is 0.480 e. The smallest absolute Gasteiger partial charge is 0.321 e. The SMILES string of the molecule is CNC(=O)NC(=O)CN(C)CC(=O)O. The third-order valence-electron chi connectivity index (χ3n) is 1.30. The van der Waals surface area contributed by atoms with Gasteiger partial charge in [-0.1, -0.05) is 0 Å². The van der Waals surface area contributed by atoms with Gasteiger partial charge in [-0.3, -0.25) is 19.8 Å². The van der Waals surface area contributed by atoms with Crippen molar-refractivity contribution in [3.8, 4) is 0 Å². The quantitative estimate of drug-likeness (QED) is 0.514. The highest BCUT2D eigenvalue weighted by Crippen LogP contribution is 1.81. The number of nitrogens with zero attached hydrogens (tertiary/aromatic N) is 1. The van der Waals surface area contributed by atoms with Crippen molar-refractivity contribution in [2.24, 2.45) is 0 Å². The molecule has 0 bridgehead atoms. The van der Waals surface area contributed by atoms with Crippen LogP contribution in [0.4, 0.5) is 4.79 Å². The van der Waals surface area contributed by atoms with Crippen LogP contribution in [0.15, 0.2) is 0 Å². The zero-order chi connectivity index (χ0) is 11.1. The van der Waals surface area contributed by atoms with E-state index in [4.69, 9.17) is 5.11 Å². The van der Waals surface area contributed by atoms with E-state index in [0.717, 1.165) is 0 Å². The molecule has 0 radical (unpaired) electrons. The third kappa shape index (κ3) is 5.95. The number of imide groups is 1. The third-order valence-corrected chi connectivity index (χ3v) is 1.30. The van der Waals surface area contributed by atoms with Crippen LogP contribution in [0.5, 0.6) is 0 Å². The lowest BCUT2D eigenvalue weighted by atomic mass is 10.5. The highest BCUT2D eigenvalue weighted by Gasteiger charge is 2.11. The summed E-state index contributed by atoms with van der Waals surface area (Å²) in [5, 5.41) is 12.6. The molecular formula is C7H13N3O4. The monoisotopic (exact) mass is 203 g/mol. The molecular weight excluding hydrogens is 190 g/mol. The Bertz CT molecular complexity index is 241. The summed E-state index contributed by atoms with van der Waals surface area (Å²) in [4.78, 5) is 33.1. The number of aliphatic carboxylic acids is 1. The van der Waals surface area contributed by atoms with Crippen LogP contribution in [-0.2, 0) is 9.59 Å². The van der Waals surface area contributed by atoms with Crippen LogP contribution in [0.2, 0.25) is 0 Å². The van der Waals surface area contributed by atoms with Gasteiger partial charge >= 0.3 is 12.0 Å². The molecule has 0 saturated heterocycles. The molecule has 0 aromatic rings. The van der Waals surface area contributed by atoms with Crippen LogP contribution in [0, 0.1) is 0 Å². The van der Waals surface area contributed by atoms with Crippen molar-refractivity contribution in [2.75, 3.05) is 27.2 Å². The van der Waals surface area contributed by atoms with E-state index in [-0.39, 0.29) is 13.1 Å². The molecule has 7 nitrogen and oxygen atoms in total. The first-order chi connectivity index (χ1) is 6.45. The summed E-state index contributed by atoms with van der Waals surface area (Å²) in [7, 11) is 2.85. The van der Waals surface area contributed by atoms with Gasteiger partial charge in [0.05, 0.1) is 13.1 Å². The minimum absolute atomic E-state index is 0.139. The van der Waals surface area contributed by atoms with Gasteiger partial charge in [-0.2, -0.15) is 0 Å². The number of nitrogens with one attached hydrogen (secondary N) is 2. The number of carbonyl (C=O) groups excluding carboxylic acids is 2. The minimum Gasteiger partial charge on any atom is -0.480 e. The highest BCUT2D eigenvalue weighted by atomic mass is 16.4. The first kappa shape index (κ1) is 12.4. The molecule has 0 fully saturated rings. The second-order valence-corrected chi connectivity index (χ2v) is 2.69. The van der Waals surface area contributed by atoms with Gasteiger partial charge in [0.1, 0.15) is 0 Å². The molecule has 0 aromatic heterocycles. The fraction of sp³-hybridized carbons (Fsp3) is 0.571. The van der Waals surface area contributed by atoms with Gasteiger partial charge in [0, 0.05) is 7.05 Å². The van der Waals surface area contributed by atoms with E-state index in [2.05, 4.69) is 5.32 Å². The van der Waals surface area contributed by atoms with E-state index in [0.29, 0.717) is 0 Å². The molecule has 0 spiro atoms. The van der Waals surface area contributed by atoms with E-state index in [9.17, 15) is 14.4 Å². The molecule has 7 heteroatoms. The summed E-state index contributed by atoms with van der Waals surface area (Å²) < 4.78 is 0. The van der Waals surface area contributed by atoms with Gasteiger partial charge in [0.25, 0.3) is 0 Å². The number of rotatable bonds is 4. The second kappa shape index (κ2) is 5.92. The topological polar surface area (TPSA) is 98.7 Å². The second-order valence-electron chi connectivity index (χ2n) is 2.69. The van der Waals surface area contributed by atoms with Gasteiger partial charge in [0.2, 0.25) is 5.91 Å². The number of carboxylic acid groups (broad SMARTS) is 1. The number of carbonyl (C=O) groups is 3. The van der Waals surface area contributed by atoms with Crippen LogP contribution in [0.25, 0.3) is 0 Å². The van der Waals surface area contributed by atoms with E-state index in [1.165, 1.54) is 19.0 Å². The highest BCUT2D eigenvalue weighted by molar-refractivity contribution is 5.95. The van der Waals surface area contributed by atoms with Crippen molar-refractivity contribution in [2.45, 2.75) is 0 Å². The van der Waals surface area contributed by atoms with Crippen LogP contribution in [0.3, 0.4) is 0 Å². The molecule has 0 heterocycles. The predicted octanol–water partition coefficient (Wildman–Crippen LogP) is -1.54. The van der Waals surface area contributed by atoms with E-state index < -0.39 is 17.9 Å². The Morgan fingerprint density at radius 1 is 1.29 bits per heavy atom. The Balaban J connectivity index is 3.82. The average Bonchev–Trinajstić information content (AvgIpc) is 2.01. The molecule has 80 valence electrons. The lowest BCUT2D eigenvalue weighted by Crippen LogP contribution is -2.43. The summed E-state index contributed by atoms with van der Waals surface area (Å²) in [6.45, 7) is -0.388. The summed E-state index contributed by atoms with van der Waals surface area (Å²) >= 11 is 0. The summed E-state index contributed by atoms with van der Waals surface area (Å²) in [5.41, 5.74) is 0. The Labute approximate surface area is 81.1 Å². The number of hydrogen-bond donors (Lipinski definition) is 3. The average molecular weight is 203 g/mol. The summed E-state index contributed by atoms with van der Waals surface area (Å²) in [6, 6.07) is -0.612. The van der Waals surface area contributed by atoms with E-state index >= 15 is 0 Å². The number of likely N-dealkylation sites (N-methyl/N-ethyl adjacent to an activating group) is 1. The van der Waals surface area contributed by atoms with Crippen molar-refractivity contribution >= 4 is 17.9 Å². The van der Waals surface area contributed by atoms with Gasteiger partial charge < -0.3 is 10.4 Å². The molecule has 0 aliphatic carbocycles. The van der Waals surface area contributed by atoms with Crippen molar-refractivity contribution in [1.29, 1.82) is 0 Å². The molecule has 3 amide bonds. The normalized spacial score (nSPS) is 9.64. The van der Waals surface area contributed by atoms with E-state index in [1.54, 1.807) is 0 Å². The Kier molecular flexibility index (Phi) is 5.23. The molecule has 0 unspecified atom stereocenters. The molecule has 0 aliphatic heterocycles. The molecule has 3 N–H and O–H groups in total. The molecule has 0 aliphatic rings. The Morgan fingerprint density at radius 3 is 2.29 bits per heavy atom. The Morgan fingerprint density at radius 2 is 1.86 bits per heavy atom. The predicted molar refractivity (Wildman–Crippen MR) is 47.7 cm³/mol. The fourth-order valence-electron chi connectivity index (χ4n) is 0.761. The zero-order valence-electron chi connectivity index (χ0n) is 8.03. The maximum Gasteiger partial charge on any atom is 0.321 e. The minimum atomic E-state index is -1.03. The van der Waals surface area contributed by atoms with Crippen molar-refractivity contribution in [1.82, 2.24) is 15.5 Å². The Hall–Kier alpha value is -1.63.